The van der Waals surface area contributed by atoms with Gasteiger partial charge >= 0.3 is 0 Å². The van der Waals surface area contributed by atoms with E-state index in [0.29, 0.717) is 11.6 Å². The van der Waals surface area contributed by atoms with Crippen LogP contribution in [0.4, 0.5) is 11.6 Å². The van der Waals surface area contributed by atoms with Gasteiger partial charge in [-0.3, -0.25) is 4.72 Å². The number of nitrogens with zero attached hydrogens (tertiary/aromatic N) is 3. The number of rotatable bonds is 4. The molecule has 0 radical (unpaired) electrons. The molecule has 1 fully saturated rings. The molecule has 2 heterocycles. The van der Waals surface area contributed by atoms with Crippen LogP contribution in [0.15, 0.2) is 36.7 Å². The molecule has 0 unspecified atom stereocenters. The summed E-state index contributed by atoms with van der Waals surface area (Å²) in [5, 5.41) is 0. The first-order valence-corrected chi connectivity index (χ1v) is 9.61. The standard InChI is InChI=1S/C16H22N4O2S/c1-19-12-9-17-16(19)20-10-7-14(8-11-20)13-3-5-15(6-4-13)18-23(2,21)22/h3-6,9,12,14,18H,7-8,10-11H2,1-2H3. The van der Waals surface area contributed by atoms with Gasteiger partial charge in [-0.1, -0.05) is 12.1 Å². The zero-order chi connectivity index (χ0) is 16.4. The van der Waals surface area contributed by atoms with E-state index in [1.54, 1.807) is 0 Å². The van der Waals surface area contributed by atoms with Crippen molar-refractivity contribution < 1.29 is 8.42 Å². The molecule has 0 bridgehead atoms. The summed E-state index contributed by atoms with van der Waals surface area (Å²) in [5.74, 6) is 1.54. The summed E-state index contributed by atoms with van der Waals surface area (Å²) >= 11 is 0. The van der Waals surface area contributed by atoms with Crippen LogP contribution in [0.3, 0.4) is 0 Å². The third kappa shape index (κ3) is 3.85. The Kier molecular flexibility index (Phi) is 4.30. The maximum absolute atomic E-state index is 11.2. The number of sulfonamides is 1. The molecule has 0 spiro atoms. The first-order valence-electron chi connectivity index (χ1n) is 7.72. The number of aromatic nitrogens is 2. The fraction of sp³-hybridized carbons (Fsp3) is 0.438. The van der Waals surface area contributed by atoms with Crippen LogP contribution < -0.4 is 9.62 Å². The van der Waals surface area contributed by atoms with Crippen LogP contribution in [-0.2, 0) is 17.1 Å². The molecule has 1 aromatic heterocycles. The number of anilines is 2. The Morgan fingerprint density at radius 1 is 1.17 bits per heavy atom. The zero-order valence-corrected chi connectivity index (χ0v) is 14.3. The number of hydrogen-bond acceptors (Lipinski definition) is 4. The fourth-order valence-electron chi connectivity index (χ4n) is 3.11. The molecule has 1 aliphatic rings. The minimum atomic E-state index is -3.22. The quantitative estimate of drug-likeness (QED) is 0.930. The van der Waals surface area contributed by atoms with Crippen molar-refractivity contribution in [3.05, 3.63) is 42.2 Å². The van der Waals surface area contributed by atoms with Gasteiger partial charge in [-0.2, -0.15) is 0 Å². The maximum atomic E-state index is 11.2. The van der Waals surface area contributed by atoms with Gasteiger partial charge in [0.1, 0.15) is 0 Å². The Labute approximate surface area is 137 Å². The van der Waals surface area contributed by atoms with E-state index in [-0.39, 0.29) is 0 Å². The lowest BCUT2D eigenvalue weighted by atomic mass is 9.89. The number of piperidine rings is 1. The van der Waals surface area contributed by atoms with E-state index in [9.17, 15) is 8.42 Å². The van der Waals surface area contributed by atoms with E-state index < -0.39 is 10.0 Å². The van der Waals surface area contributed by atoms with Crippen molar-refractivity contribution in [2.24, 2.45) is 7.05 Å². The fourth-order valence-corrected chi connectivity index (χ4v) is 3.68. The third-order valence-electron chi connectivity index (χ3n) is 4.26. The molecular weight excluding hydrogens is 312 g/mol. The molecule has 2 aromatic rings. The minimum absolute atomic E-state index is 0.513. The molecule has 6 nitrogen and oxygen atoms in total. The minimum Gasteiger partial charge on any atom is -0.342 e. The van der Waals surface area contributed by atoms with Crippen molar-refractivity contribution in [1.82, 2.24) is 9.55 Å². The molecule has 0 aliphatic carbocycles. The van der Waals surface area contributed by atoms with Crippen LogP contribution in [0.1, 0.15) is 24.3 Å². The SMILES string of the molecule is Cn1ccnc1N1CCC(c2ccc(NS(C)(=O)=O)cc2)CC1. The molecule has 124 valence electrons. The molecule has 23 heavy (non-hydrogen) atoms. The first kappa shape index (κ1) is 15.9. The van der Waals surface area contributed by atoms with Gasteiger partial charge in [0.15, 0.2) is 0 Å². The number of imidazole rings is 1. The van der Waals surface area contributed by atoms with Crippen molar-refractivity contribution in [3.63, 3.8) is 0 Å². The van der Waals surface area contributed by atoms with Crippen molar-refractivity contribution in [2.75, 3.05) is 29.0 Å². The first-order chi connectivity index (χ1) is 10.9. The Hall–Kier alpha value is -2.02. The number of nitrogens with one attached hydrogen (secondary N) is 1. The second kappa shape index (κ2) is 6.23. The van der Waals surface area contributed by atoms with Gasteiger partial charge in [0.2, 0.25) is 16.0 Å². The van der Waals surface area contributed by atoms with Gasteiger partial charge in [0.25, 0.3) is 0 Å². The summed E-state index contributed by atoms with van der Waals surface area (Å²) in [4.78, 5) is 6.72. The van der Waals surface area contributed by atoms with Gasteiger partial charge in [-0.05, 0) is 36.5 Å². The second-order valence-electron chi connectivity index (χ2n) is 6.10. The van der Waals surface area contributed by atoms with Crippen molar-refractivity contribution in [1.29, 1.82) is 0 Å². The molecule has 1 aromatic carbocycles. The van der Waals surface area contributed by atoms with Crippen LogP contribution in [0.5, 0.6) is 0 Å². The van der Waals surface area contributed by atoms with Crippen LogP contribution in [-0.4, -0.2) is 37.3 Å². The van der Waals surface area contributed by atoms with Crippen molar-refractivity contribution in [2.45, 2.75) is 18.8 Å². The van der Waals surface area contributed by atoms with Gasteiger partial charge in [0.05, 0.1) is 6.26 Å². The van der Waals surface area contributed by atoms with Gasteiger partial charge in [0, 0.05) is 38.2 Å². The van der Waals surface area contributed by atoms with E-state index in [2.05, 4.69) is 14.6 Å². The van der Waals surface area contributed by atoms with Crippen LogP contribution >= 0.6 is 0 Å². The molecular formula is C16H22N4O2S. The van der Waals surface area contributed by atoms with Crippen LogP contribution in [0.25, 0.3) is 0 Å². The van der Waals surface area contributed by atoms with E-state index in [0.717, 1.165) is 38.1 Å². The summed E-state index contributed by atoms with van der Waals surface area (Å²) in [6.45, 7) is 1.97. The van der Waals surface area contributed by atoms with E-state index >= 15 is 0 Å². The number of aryl methyl sites for hydroxylation is 1. The van der Waals surface area contributed by atoms with Gasteiger partial charge in [-0.25, -0.2) is 13.4 Å². The monoisotopic (exact) mass is 334 g/mol. The average molecular weight is 334 g/mol. The smallest absolute Gasteiger partial charge is 0.229 e. The summed E-state index contributed by atoms with van der Waals surface area (Å²) in [5.41, 5.74) is 1.88. The number of hydrogen-bond donors (Lipinski definition) is 1. The summed E-state index contributed by atoms with van der Waals surface area (Å²) in [6, 6.07) is 7.71. The molecule has 3 rings (SSSR count). The zero-order valence-electron chi connectivity index (χ0n) is 13.4. The Balaban J connectivity index is 1.62. The maximum Gasteiger partial charge on any atom is 0.229 e. The topological polar surface area (TPSA) is 67.2 Å². The second-order valence-corrected chi connectivity index (χ2v) is 7.84. The lowest BCUT2D eigenvalue weighted by Gasteiger charge is -2.32. The number of benzene rings is 1. The molecule has 1 N–H and O–H groups in total. The Morgan fingerprint density at radius 3 is 2.35 bits per heavy atom. The largest absolute Gasteiger partial charge is 0.342 e. The van der Waals surface area contributed by atoms with Crippen molar-refractivity contribution >= 4 is 21.7 Å². The highest BCUT2D eigenvalue weighted by Crippen LogP contribution is 2.30. The summed E-state index contributed by atoms with van der Waals surface area (Å²) in [6.07, 6.45) is 7.11. The summed E-state index contributed by atoms with van der Waals surface area (Å²) in [7, 11) is -1.20. The Bertz CT molecular complexity index is 760. The molecule has 1 saturated heterocycles. The molecule has 0 atom stereocenters. The molecule has 0 amide bonds. The van der Waals surface area contributed by atoms with Gasteiger partial charge in [-0.15, -0.1) is 0 Å². The Morgan fingerprint density at radius 2 is 1.83 bits per heavy atom. The van der Waals surface area contributed by atoms with Crippen LogP contribution in [0.2, 0.25) is 0 Å². The highest BCUT2D eigenvalue weighted by Gasteiger charge is 2.22. The predicted octanol–water partition coefficient (Wildman–Crippen LogP) is 2.18. The molecule has 0 saturated carbocycles. The van der Waals surface area contributed by atoms with E-state index in [1.807, 2.05) is 48.3 Å². The predicted molar refractivity (Wildman–Crippen MR) is 92.3 cm³/mol. The molecule has 1 aliphatic heterocycles. The lowest BCUT2D eigenvalue weighted by molar-refractivity contribution is 0.496. The lowest BCUT2D eigenvalue weighted by Crippen LogP contribution is -2.34. The van der Waals surface area contributed by atoms with E-state index in [1.165, 1.54) is 5.56 Å². The van der Waals surface area contributed by atoms with Crippen molar-refractivity contribution in [3.8, 4) is 0 Å². The highest BCUT2D eigenvalue weighted by molar-refractivity contribution is 7.92. The highest BCUT2D eigenvalue weighted by atomic mass is 32.2. The summed E-state index contributed by atoms with van der Waals surface area (Å²) < 4.78 is 27.0. The normalized spacial score (nSPS) is 16.5. The van der Waals surface area contributed by atoms with Gasteiger partial charge < -0.3 is 9.47 Å². The molecule has 7 heteroatoms. The van der Waals surface area contributed by atoms with E-state index in [4.69, 9.17) is 0 Å². The average Bonchev–Trinajstić information content (AvgIpc) is 2.93. The van der Waals surface area contributed by atoms with Crippen LogP contribution in [0, 0.1) is 0 Å². The third-order valence-corrected chi connectivity index (χ3v) is 4.87.